The third-order valence-electron chi connectivity index (χ3n) is 4.80. The fraction of sp³-hybridized carbons (Fsp3) is 0.667. The van der Waals surface area contributed by atoms with Crippen molar-refractivity contribution in [3.63, 3.8) is 0 Å². The topological polar surface area (TPSA) is 67.4 Å². The second-order valence-electron chi connectivity index (χ2n) is 7.19. The summed E-state index contributed by atoms with van der Waals surface area (Å²) in [4.78, 5) is 7.23. The molecule has 28 heavy (non-hydrogen) atoms. The van der Waals surface area contributed by atoms with Gasteiger partial charge < -0.3 is 24.8 Å². The molecular formula is C21H36N4O3. The molecule has 0 amide bonds. The lowest BCUT2D eigenvalue weighted by molar-refractivity contribution is -0.0165. The summed E-state index contributed by atoms with van der Waals surface area (Å²) >= 11 is 0. The van der Waals surface area contributed by atoms with Gasteiger partial charge in [0.1, 0.15) is 6.10 Å². The van der Waals surface area contributed by atoms with Crippen LogP contribution in [0.5, 0.6) is 11.5 Å². The second kappa shape index (κ2) is 11.8. The van der Waals surface area contributed by atoms with Crippen molar-refractivity contribution in [1.82, 2.24) is 15.5 Å². The maximum absolute atomic E-state index is 6.01. The molecule has 7 heteroatoms. The zero-order chi connectivity index (χ0) is 20.4. The molecule has 1 fully saturated rings. The number of rotatable bonds is 9. The van der Waals surface area contributed by atoms with Crippen LogP contribution in [-0.2, 0) is 4.74 Å². The number of aliphatic imine (C=N–C) groups is 1. The first-order valence-corrected chi connectivity index (χ1v) is 10.2. The predicted molar refractivity (Wildman–Crippen MR) is 114 cm³/mol. The molecule has 1 aliphatic rings. The third kappa shape index (κ3) is 6.87. The normalized spacial score (nSPS) is 20.3. The molecule has 2 rings (SSSR count). The van der Waals surface area contributed by atoms with Gasteiger partial charge in [0, 0.05) is 25.2 Å². The highest BCUT2D eigenvalue weighted by Crippen LogP contribution is 2.26. The summed E-state index contributed by atoms with van der Waals surface area (Å²) in [7, 11) is 1.65. The Morgan fingerprint density at radius 3 is 2.71 bits per heavy atom. The van der Waals surface area contributed by atoms with Gasteiger partial charge in [0.2, 0.25) is 0 Å². The van der Waals surface area contributed by atoms with E-state index in [-0.39, 0.29) is 6.10 Å². The molecule has 1 heterocycles. The molecule has 7 nitrogen and oxygen atoms in total. The van der Waals surface area contributed by atoms with Crippen molar-refractivity contribution >= 4 is 5.96 Å². The number of para-hydroxylation sites is 2. The maximum Gasteiger partial charge on any atom is 0.191 e. The molecule has 0 saturated carbocycles. The molecule has 1 saturated heterocycles. The number of benzene rings is 1. The van der Waals surface area contributed by atoms with Crippen LogP contribution in [0.4, 0.5) is 0 Å². The van der Waals surface area contributed by atoms with E-state index in [1.54, 1.807) is 7.11 Å². The summed E-state index contributed by atoms with van der Waals surface area (Å²) in [5.74, 6) is 2.30. The smallest absolute Gasteiger partial charge is 0.191 e. The Balaban J connectivity index is 1.86. The second-order valence-corrected chi connectivity index (χ2v) is 7.19. The van der Waals surface area contributed by atoms with Crippen LogP contribution in [-0.4, -0.2) is 75.5 Å². The summed E-state index contributed by atoms with van der Waals surface area (Å²) in [5, 5.41) is 6.69. The SMILES string of the molecule is CCNC(=NCC(C)N1CCOCC1C)NCC(C)Oc1ccccc1OC. The van der Waals surface area contributed by atoms with Crippen molar-refractivity contribution in [1.29, 1.82) is 0 Å². The number of morpholine rings is 1. The summed E-state index contributed by atoms with van der Waals surface area (Å²) in [6.07, 6.45) is -0.0307. The third-order valence-corrected chi connectivity index (χ3v) is 4.80. The lowest BCUT2D eigenvalue weighted by Gasteiger charge is -2.37. The maximum atomic E-state index is 6.01. The van der Waals surface area contributed by atoms with Crippen molar-refractivity contribution in [3.8, 4) is 11.5 Å². The van der Waals surface area contributed by atoms with E-state index in [9.17, 15) is 0 Å². The van der Waals surface area contributed by atoms with E-state index in [1.807, 2.05) is 31.2 Å². The van der Waals surface area contributed by atoms with Gasteiger partial charge in [-0.25, -0.2) is 0 Å². The monoisotopic (exact) mass is 392 g/mol. The quantitative estimate of drug-likeness (QED) is 0.496. The number of nitrogens with zero attached hydrogens (tertiary/aromatic N) is 2. The van der Waals surface area contributed by atoms with Gasteiger partial charge >= 0.3 is 0 Å². The van der Waals surface area contributed by atoms with Crippen molar-refractivity contribution in [2.75, 3.05) is 46.5 Å². The van der Waals surface area contributed by atoms with Crippen LogP contribution >= 0.6 is 0 Å². The van der Waals surface area contributed by atoms with Crippen LogP contribution in [0.25, 0.3) is 0 Å². The molecular weight excluding hydrogens is 356 g/mol. The van der Waals surface area contributed by atoms with E-state index in [4.69, 9.17) is 19.2 Å². The number of ether oxygens (including phenoxy) is 3. The van der Waals surface area contributed by atoms with Crippen LogP contribution in [0.3, 0.4) is 0 Å². The average molecular weight is 393 g/mol. The zero-order valence-electron chi connectivity index (χ0n) is 17.9. The van der Waals surface area contributed by atoms with E-state index < -0.39 is 0 Å². The summed E-state index contributed by atoms with van der Waals surface area (Å²) in [5.41, 5.74) is 0. The van der Waals surface area contributed by atoms with Gasteiger partial charge in [-0.3, -0.25) is 9.89 Å². The minimum atomic E-state index is -0.0307. The number of nitrogens with one attached hydrogen (secondary N) is 2. The van der Waals surface area contributed by atoms with Gasteiger partial charge in [0.15, 0.2) is 17.5 Å². The van der Waals surface area contributed by atoms with Crippen LogP contribution < -0.4 is 20.1 Å². The van der Waals surface area contributed by atoms with E-state index in [1.165, 1.54) is 0 Å². The largest absolute Gasteiger partial charge is 0.493 e. The highest BCUT2D eigenvalue weighted by molar-refractivity contribution is 5.79. The van der Waals surface area contributed by atoms with Gasteiger partial charge in [-0.1, -0.05) is 12.1 Å². The van der Waals surface area contributed by atoms with E-state index in [2.05, 4.69) is 36.3 Å². The molecule has 0 radical (unpaired) electrons. The number of hydrogen-bond donors (Lipinski definition) is 2. The molecule has 0 bridgehead atoms. The standard InChI is InChI=1S/C21H36N4O3/c1-6-22-21(23-13-16(2)25-11-12-27-15-17(25)3)24-14-18(4)28-20-10-8-7-9-19(20)26-5/h7-10,16-18H,6,11-15H2,1-5H3,(H2,22,23,24). The predicted octanol–water partition coefficient (Wildman–Crippen LogP) is 2.13. The van der Waals surface area contributed by atoms with Gasteiger partial charge in [-0.05, 0) is 39.8 Å². The Morgan fingerprint density at radius 2 is 2.04 bits per heavy atom. The first-order valence-electron chi connectivity index (χ1n) is 10.2. The fourth-order valence-corrected chi connectivity index (χ4v) is 3.28. The molecule has 3 unspecified atom stereocenters. The van der Waals surface area contributed by atoms with Crippen LogP contribution in [0.2, 0.25) is 0 Å². The van der Waals surface area contributed by atoms with Gasteiger partial charge in [0.05, 0.1) is 33.4 Å². The fourth-order valence-electron chi connectivity index (χ4n) is 3.28. The molecule has 1 aromatic rings. The highest BCUT2D eigenvalue weighted by atomic mass is 16.5. The Labute approximate surface area is 169 Å². The van der Waals surface area contributed by atoms with Gasteiger partial charge in [-0.15, -0.1) is 0 Å². The lowest BCUT2D eigenvalue weighted by Crippen LogP contribution is -2.50. The minimum absolute atomic E-state index is 0.0307. The van der Waals surface area contributed by atoms with E-state index in [0.29, 0.717) is 18.6 Å². The first-order chi connectivity index (χ1) is 13.5. The molecule has 0 aromatic heterocycles. The Bertz CT molecular complexity index is 611. The Kier molecular flexibility index (Phi) is 9.37. The molecule has 2 N–H and O–H groups in total. The molecule has 0 spiro atoms. The molecule has 1 aliphatic heterocycles. The van der Waals surface area contributed by atoms with Crippen LogP contribution in [0.15, 0.2) is 29.3 Å². The van der Waals surface area contributed by atoms with E-state index in [0.717, 1.165) is 50.3 Å². The van der Waals surface area contributed by atoms with Crippen LogP contribution in [0.1, 0.15) is 27.7 Å². The minimum Gasteiger partial charge on any atom is -0.493 e. The molecule has 1 aromatic carbocycles. The van der Waals surface area contributed by atoms with Crippen LogP contribution in [0, 0.1) is 0 Å². The Morgan fingerprint density at radius 1 is 1.29 bits per heavy atom. The highest BCUT2D eigenvalue weighted by Gasteiger charge is 2.23. The molecule has 3 atom stereocenters. The summed E-state index contributed by atoms with van der Waals surface area (Å²) < 4.78 is 16.9. The number of methoxy groups -OCH3 is 1. The Hall–Kier alpha value is -1.99. The van der Waals surface area contributed by atoms with Gasteiger partial charge in [-0.2, -0.15) is 0 Å². The van der Waals surface area contributed by atoms with Crippen molar-refractivity contribution in [2.24, 2.45) is 4.99 Å². The van der Waals surface area contributed by atoms with E-state index >= 15 is 0 Å². The average Bonchev–Trinajstić information content (AvgIpc) is 2.70. The lowest BCUT2D eigenvalue weighted by atomic mass is 10.2. The zero-order valence-corrected chi connectivity index (χ0v) is 17.9. The van der Waals surface area contributed by atoms with Gasteiger partial charge in [0.25, 0.3) is 0 Å². The van der Waals surface area contributed by atoms with Crippen molar-refractivity contribution in [2.45, 2.75) is 45.9 Å². The first kappa shape index (κ1) is 22.3. The summed E-state index contributed by atoms with van der Waals surface area (Å²) in [6.45, 7) is 13.3. The molecule has 158 valence electrons. The summed E-state index contributed by atoms with van der Waals surface area (Å²) in [6, 6.07) is 8.49. The number of guanidine groups is 1. The molecule has 0 aliphatic carbocycles. The van der Waals surface area contributed by atoms with Crippen molar-refractivity contribution < 1.29 is 14.2 Å². The number of hydrogen-bond acceptors (Lipinski definition) is 5. The van der Waals surface area contributed by atoms with Crippen molar-refractivity contribution in [3.05, 3.63) is 24.3 Å².